The first-order valence-corrected chi connectivity index (χ1v) is 8.58. The van der Waals surface area contributed by atoms with E-state index in [1.165, 1.54) is 0 Å². The lowest BCUT2D eigenvalue weighted by Gasteiger charge is -2.06. The molecule has 2 N–H and O–H groups in total. The molecule has 4 rings (SSSR count). The molecule has 8 nitrogen and oxygen atoms in total. The van der Waals surface area contributed by atoms with E-state index in [9.17, 15) is 9.59 Å². The number of fused-ring (bicyclic) bond motifs is 1. The number of aromatic nitrogens is 3. The Morgan fingerprint density at radius 3 is 2.63 bits per heavy atom. The Balaban J connectivity index is 1.63. The Morgan fingerprint density at radius 2 is 1.93 bits per heavy atom. The molecular weight excluding hydrogens is 344 g/mol. The average Bonchev–Trinajstić information content (AvgIpc) is 3.39. The number of carbonyl (C=O) groups is 2. The minimum atomic E-state index is -0.305. The minimum Gasteiger partial charge on any atom is -0.347 e. The van der Waals surface area contributed by atoms with Crippen LogP contribution in [-0.2, 0) is 0 Å². The molecule has 0 saturated heterocycles. The molecule has 27 heavy (non-hydrogen) atoms. The van der Waals surface area contributed by atoms with Crippen molar-refractivity contribution in [1.82, 2.24) is 25.2 Å². The van der Waals surface area contributed by atoms with Crippen LogP contribution >= 0.6 is 0 Å². The van der Waals surface area contributed by atoms with Crippen LogP contribution in [0.5, 0.6) is 0 Å². The van der Waals surface area contributed by atoms with E-state index in [2.05, 4.69) is 20.7 Å². The number of amides is 2. The molecule has 0 atom stereocenters. The third-order valence-electron chi connectivity index (χ3n) is 4.25. The SMILES string of the molecule is N#CCNC(=O)c1ccc(-c2cccc3nc(C(=O)NC4CC4)nn23)cc1. The zero-order chi connectivity index (χ0) is 18.8. The van der Waals surface area contributed by atoms with E-state index in [4.69, 9.17) is 5.26 Å². The van der Waals surface area contributed by atoms with Crippen LogP contribution in [-0.4, -0.2) is 39.0 Å². The summed E-state index contributed by atoms with van der Waals surface area (Å²) in [6, 6.07) is 14.6. The van der Waals surface area contributed by atoms with Crippen molar-refractivity contribution >= 4 is 17.5 Å². The summed E-state index contributed by atoms with van der Waals surface area (Å²) in [5.41, 5.74) is 2.62. The van der Waals surface area contributed by atoms with Crippen LogP contribution in [0.4, 0.5) is 0 Å². The molecule has 134 valence electrons. The van der Waals surface area contributed by atoms with Gasteiger partial charge in [0.25, 0.3) is 11.8 Å². The maximum absolute atomic E-state index is 12.2. The zero-order valence-corrected chi connectivity index (χ0v) is 14.3. The molecule has 0 bridgehead atoms. The van der Waals surface area contributed by atoms with Crippen LogP contribution in [0.1, 0.15) is 33.8 Å². The molecule has 2 aromatic heterocycles. The predicted octanol–water partition coefficient (Wildman–Crippen LogP) is 1.54. The fourth-order valence-electron chi connectivity index (χ4n) is 2.71. The molecule has 0 unspecified atom stereocenters. The second kappa shape index (κ2) is 6.88. The van der Waals surface area contributed by atoms with Gasteiger partial charge in [0.2, 0.25) is 5.82 Å². The van der Waals surface area contributed by atoms with Crippen molar-refractivity contribution < 1.29 is 9.59 Å². The van der Waals surface area contributed by atoms with Gasteiger partial charge in [0, 0.05) is 17.2 Å². The standard InChI is InChI=1S/C19H16N6O2/c20-10-11-21-18(26)13-6-4-12(5-7-13)15-2-1-3-16-23-17(24-25(15)16)19(27)22-14-8-9-14/h1-7,14H,8-9,11H2,(H,21,26)(H,22,27). The van der Waals surface area contributed by atoms with Crippen molar-refractivity contribution in [3.8, 4) is 17.3 Å². The molecule has 1 aliphatic carbocycles. The monoisotopic (exact) mass is 360 g/mol. The summed E-state index contributed by atoms with van der Waals surface area (Å²) in [5.74, 6) is -0.431. The molecule has 1 aliphatic rings. The number of pyridine rings is 1. The molecule has 8 heteroatoms. The molecular formula is C19H16N6O2. The van der Waals surface area contributed by atoms with Gasteiger partial charge >= 0.3 is 0 Å². The molecule has 0 aliphatic heterocycles. The fraction of sp³-hybridized carbons (Fsp3) is 0.211. The van der Waals surface area contributed by atoms with E-state index in [1.807, 2.05) is 18.2 Å². The highest BCUT2D eigenvalue weighted by Gasteiger charge is 2.25. The molecule has 2 heterocycles. The van der Waals surface area contributed by atoms with Crippen LogP contribution in [0.3, 0.4) is 0 Å². The summed E-state index contributed by atoms with van der Waals surface area (Å²) in [7, 11) is 0. The first kappa shape index (κ1) is 16.7. The van der Waals surface area contributed by atoms with Crippen molar-refractivity contribution in [2.24, 2.45) is 0 Å². The average molecular weight is 360 g/mol. The van der Waals surface area contributed by atoms with Gasteiger partial charge in [-0.15, -0.1) is 5.10 Å². The van der Waals surface area contributed by atoms with Gasteiger partial charge in [-0.2, -0.15) is 5.26 Å². The molecule has 1 aromatic carbocycles. The van der Waals surface area contributed by atoms with E-state index in [0.717, 1.165) is 24.1 Å². The lowest BCUT2D eigenvalue weighted by Crippen LogP contribution is -2.26. The van der Waals surface area contributed by atoms with Crippen LogP contribution < -0.4 is 10.6 Å². The summed E-state index contributed by atoms with van der Waals surface area (Å²) >= 11 is 0. The van der Waals surface area contributed by atoms with Gasteiger partial charge in [-0.3, -0.25) is 9.59 Å². The largest absolute Gasteiger partial charge is 0.347 e. The number of carbonyl (C=O) groups excluding carboxylic acids is 2. The van der Waals surface area contributed by atoms with Crippen molar-refractivity contribution in [2.45, 2.75) is 18.9 Å². The molecule has 2 amide bonds. The number of nitrogens with zero attached hydrogens (tertiary/aromatic N) is 4. The summed E-state index contributed by atoms with van der Waals surface area (Å²) in [4.78, 5) is 28.4. The summed E-state index contributed by atoms with van der Waals surface area (Å²) in [6.07, 6.45) is 2.00. The van der Waals surface area contributed by atoms with Gasteiger partial charge in [-0.25, -0.2) is 9.50 Å². The predicted molar refractivity (Wildman–Crippen MR) is 96.9 cm³/mol. The summed E-state index contributed by atoms with van der Waals surface area (Å²) < 4.78 is 1.62. The normalized spacial score (nSPS) is 13.1. The Bertz CT molecular complexity index is 1060. The number of nitriles is 1. The van der Waals surface area contributed by atoms with Crippen LogP contribution in [0.15, 0.2) is 42.5 Å². The first-order chi connectivity index (χ1) is 13.2. The molecule has 3 aromatic rings. The Labute approximate surface area is 154 Å². The lowest BCUT2D eigenvalue weighted by atomic mass is 10.1. The van der Waals surface area contributed by atoms with Crippen LogP contribution in [0.2, 0.25) is 0 Å². The number of rotatable bonds is 5. The van der Waals surface area contributed by atoms with Crippen molar-refractivity contribution in [1.29, 1.82) is 5.26 Å². The summed E-state index contributed by atoms with van der Waals surface area (Å²) in [6.45, 7) is -0.0372. The number of hydrogen-bond acceptors (Lipinski definition) is 5. The Hall–Kier alpha value is -3.73. The maximum Gasteiger partial charge on any atom is 0.291 e. The highest BCUT2D eigenvalue weighted by molar-refractivity contribution is 5.94. The van der Waals surface area contributed by atoms with E-state index >= 15 is 0 Å². The van der Waals surface area contributed by atoms with E-state index in [0.29, 0.717) is 11.2 Å². The van der Waals surface area contributed by atoms with Crippen LogP contribution in [0.25, 0.3) is 16.9 Å². The molecule has 0 spiro atoms. The molecule has 0 radical (unpaired) electrons. The smallest absolute Gasteiger partial charge is 0.291 e. The van der Waals surface area contributed by atoms with E-state index in [1.54, 1.807) is 34.8 Å². The van der Waals surface area contributed by atoms with Gasteiger partial charge in [0.15, 0.2) is 5.65 Å². The number of nitrogens with one attached hydrogen (secondary N) is 2. The topological polar surface area (TPSA) is 112 Å². The highest BCUT2D eigenvalue weighted by Crippen LogP contribution is 2.22. The van der Waals surface area contributed by atoms with Gasteiger partial charge in [0.05, 0.1) is 11.8 Å². The van der Waals surface area contributed by atoms with Crippen molar-refractivity contribution in [2.75, 3.05) is 6.54 Å². The Kier molecular flexibility index (Phi) is 4.26. The minimum absolute atomic E-state index is 0.0372. The second-order valence-electron chi connectivity index (χ2n) is 6.28. The van der Waals surface area contributed by atoms with Crippen LogP contribution in [0, 0.1) is 11.3 Å². The number of hydrogen-bond donors (Lipinski definition) is 2. The highest BCUT2D eigenvalue weighted by atomic mass is 16.2. The van der Waals surface area contributed by atoms with Gasteiger partial charge in [-0.05, 0) is 37.1 Å². The maximum atomic E-state index is 12.2. The lowest BCUT2D eigenvalue weighted by molar-refractivity contribution is 0.0937. The fourth-order valence-corrected chi connectivity index (χ4v) is 2.71. The Morgan fingerprint density at radius 1 is 1.15 bits per heavy atom. The van der Waals surface area contributed by atoms with Crippen molar-refractivity contribution in [3.05, 3.63) is 53.9 Å². The van der Waals surface area contributed by atoms with E-state index < -0.39 is 0 Å². The first-order valence-electron chi connectivity index (χ1n) is 8.58. The van der Waals surface area contributed by atoms with Gasteiger partial charge in [-0.1, -0.05) is 18.2 Å². The third-order valence-corrected chi connectivity index (χ3v) is 4.25. The molecule has 1 fully saturated rings. The zero-order valence-electron chi connectivity index (χ0n) is 14.3. The molecule has 1 saturated carbocycles. The quantitative estimate of drug-likeness (QED) is 0.670. The second-order valence-corrected chi connectivity index (χ2v) is 6.28. The summed E-state index contributed by atoms with van der Waals surface area (Å²) in [5, 5.41) is 18.3. The van der Waals surface area contributed by atoms with Gasteiger partial charge < -0.3 is 10.6 Å². The number of benzene rings is 1. The van der Waals surface area contributed by atoms with Gasteiger partial charge in [0.1, 0.15) is 6.54 Å². The third kappa shape index (κ3) is 3.48. The van der Waals surface area contributed by atoms with Crippen molar-refractivity contribution in [3.63, 3.8) is 0 Å². The van der Waals surface area contributed by atoms with E-state index in [-0.39, 0.29) is 30.2 Å².